The Balaban J connectivity index is 1.20. The summed E-state index contributed by atoms with van der Waals surface area (Å²) in [4.78, 5) is 15.4. The monoisotopic (exact) mass is 429 g/mol. The maximum absolute atomic E-state index is 12.7. The summed E-state index contributed by atoms with van der Waals surface area (Å²) in [7, 11) is 0. The van der Waals surface area contributed by atoms with Crippen LogP contribution in [-0.4, -0.2) is 41.1 Å². The number of hydrogen-bond donors (Lipinski definition) is 1. The van der Waals surface area contributed by atoms with Crippen LogP contribution in [0.5, 0.6) is 0 Å². The molecule has 2 unspecified atom stereocenters. The van der Waals surface area contributed by atoms with Gasteiger partial charge in [0.2, 0.25) is 5.91 Å². The van der Waals surface area contributed by atoms with E-state index in [9.17, 15) is 4.79 Å². The number of aryl methyl sites for hydroxylation is 1. The van der Waals surface area contributed by atoms with Crippen molar-refractivity contribution in [3.8, 4) is 11.1 Å². The molecule has 4 heteroatoms. The fourth-order valence-corrected chi connectivity index (χ4v) is 5.80. The minimum Gasteiger partial charge on any atom is -0.353 e. The molecule has 2 aliphatic rings. The van der Waals surface area contributed by atoms with Gasteiger partial charge in [-0.15, -0.1) is 0 Å². The largest absolute Gasteiger partial charge is 0.353 e. The van der Waals surface area contributed by atoms with Crippen molar-refractivity contribution in [3.63, 3.8) is 0 Å². The van der Waals surface area contributed by atoms with E-state index in [1.54, 1.807) is 0 Å². The lowest BCUT2D eigenvalue weighted by atomic mass is 9.78. The average Bonchev–Trinajstić information content (AvgIpc) is 3.21. The van der Waals surface area contributed by atoms with E-state index < -0.39 is 0 Å². The molecule has 1 aliphatic carbocycles. The normalized spacial score (nSPS) is 21.4. The topological polar surface area (TPSA) is 37.3 Å². The molecule has 1 N–H and O–H groups in total. The number of fused-ring (bicyclic) bond motifs is 2. The van der Waals surface area contributed by atoms with Gasteiger partial charge in [0, 0.05) is 30.8 Å². The van der Waals surface area contributed by atoms with E-state index in [0.717, 1.165) is 30.6 Å². The highest BCUT2D eigenvalue weighted by atomic mass is 16.1. The fraction of sp³-hybridized carbons (Fsp3) is 0.464. The predicted molar refractivity (Wildman–Crippen MR) is 132 cm³/mol. The van der Waals surface area contributed by atoms with E-state index in [-0.39, 0.29) is 5.91 Å². The molecule has 1 saturated carbocycles. The minimum atomic E-state index is 0.0976. The molecule has 1 aliphatic heterocycles. The van der Waals surface area contributed by atoms with Gasteiger partial charge < -0.3 is 9.88 Å². The first-order chi connectivity index (χ1) is 15.7. The van der Waals surface area contributed by atoms with Crippen molar-refractivity contribution in [1.29, 1.82) is 0 Å². The van der Waals surface area contributed by atoms with Gasteiger partial charge in [-0.05, 0) is 73.7 Å². The summed E-state index contributed by atoms with van der Waals surface area (Å²) in [6, 6.07) is 18.0. The van der Waals surface area contributed by atoms with Crippen molar-refractivity contribution in [2.75, 3.05) is 19.6 Å². The zero-order chi connectivity index (χ0) is 21.9. The van der Waals surface area contributed by atoms with Crippen molar-refractivity contribution in [2.45, 2.75) is 58.0 Å². The predicted octanol–water partition coefficient (Wildman–Crippen LogP) is 5.39. The Morgan fingerprint density at radius 1 is 0.969 bits per heavy atom. The number of nitrogens with zero attached hydrogens (tertiary/aromatic N) is 2. The standard InChI is InChI=1S/C28H35N3O/c1-21-8-10-22(11-9-21)25-13-12-24-14-17-31(27(24)19-25)20-28(32)29-15-18-30-16-4-6-23-5-2-3-7-26(23)30/h8-14,17,19,23,26H,2-7,15-16,18,20H2,1H3,(H,29,32). The number of benzene rings is 2. The highest BCUT2D eigenvalue weighted by molar-refractivity contribution is 5.87. The van der Waals surface area contributed by atoms with E-state index in [2.05, 4.69) is 70.2 Å². The van der Waals surface area contributed by atoms with E-state index in [1.165, 1.54) is 67.1 Å². The van der Waals surface area contributed by atoms with Gasteiger partial charge >= 0.3 is 0 Å². The van der Waals surface area contributed by atoms with Crippen molar-refractivity contribution in [3.05, 3.63) is 60.3 Å². The number of carbonyl (C=O) groups excluding carboxylic acids is 1. The first-order valence-corrected chi connectivity index (χ1v) is 12.3. The lowest BCUT2D eigenvalue weighted by Gasteiger charge is -2.44. The van der Waals surface area contributed by atoms with Crippen LogP contribution in [0.15, 0.2) is 54.7 Å². The SMILES string of the molecule is Cc1ccc(-c2ccc3ccn(CC(=O)NCCN4CCCC5CCCCC54)c3c2)cc1. The maximum Gasteiger partial charge on any atom is 0.239 e. The summed E-state index contributed by atoms with van der Waals surface area (Å²) in [5.74, 6) is 0.989. The van der Waals surface area contributed by atoms with Crippen molar-refractivity contribution in [2.24, 2.45) is 5.92 Å². The third kappa shape index (κ3) is 4.61. The van der Waals surface area contributed by atoms with Gasteiger partial charge in [-0.1, -0.05) is 54.8 Å². The second-order valence-corrected chi connectivity index (χ2v) is 9.72. The Bertz CT molecular complexity index is 1070. The molecule has 0 radical (unpaired) electrons. The Labute approximate surface area is 191 Å². The number of rotatable bonds is 6. The highest BCUT2D eigenvalue weighted by Gasteiger charge is 2.32. The molecule has 2 aromatic carbocycles. The maximum atomic E-state index is 12.7. The second kappa shape index (κ2) is 9.50. The molecule has 1 amide bonds. The van der Waals surface area contributed by atoms with Gasteiger partial charge in [-0.2, -0.15) is 0 Å². The van der Waals surface area contributed by atoms with Crippen LogP contribution in [0.3, 0.4) is 0 Å². The van der Waals surface area contributed by atoms with Crippen LogP contribution in [0, 0.1) is 12.8 Å². The molecule has 0 spiro atoms. The molecule has 3 aromatic rings. The Kier molecular flexibility index (Phi) is 6.31. The van der Waals surface area contributed by atoms with Crippen LogP contribution in [0.4, 0.5) is 0 Å². The Morgan fingerprint density at radius 3 is 2.62 bits per heavy atom. The van der Waals surface area contributed by atoms with Crippen LogP contribution in [0.2, 0.25) is 0 Å². The third-order valence-electron chi connectivity index (χ3n) is 7.55. The number of hydrogen-bond acceptors (Lipinski definition) is 2. The summed E-state index contributed by atoms with van der Waals surface area (Å²) in [5, 5.41) is 4.35. The summed E-state index contributed by atoms with van der Waals surface area (Å²) in [6.45, 7) is 5.40. The number of carbonyl (C=O) groups is 1. The molecule has 5 rings (SSSR count). The van der Waals surface area contributed by atoms with Gasteiger partial charge in [-0.3, -0.25) is 9.69 Å². The first kappa shape index (κ1) is 21.3. The molecule has 2 atom stereocenters. The van der Waals surface area contributed by atoms with Crippen LogP contribution >= 0.6 is 0 Å². The van der Waals surface area contributed by atoms with E-state index in [4.69, 9.17) is 0 Å². The second-order valence-electron chi connectivity index (χ2n) is 9.72. The first-order valence-electron chi connectivity index (χ1n) is 12.3. The Hall–Kier alpha value is -2.59. The van der Waals surface area contributed by atoms with Gasteiger partial charge in [0.05, 0.1) is 0 Å². The van der Waals surface area contributed by atoms with Crippen molar-refractivity contribution >= 4 is 16.8 Å². The highest BCUT2D eigenvalue weighted by Crippen LogP contribution is 2.34. The molecule has 1 aromatic heterocycles. The Morgan fingerprint density at radius 2 is 1.75 bits per heavy atom. The molecule has 4 nitrogen and oxygen atoms in total. The smallest absolute Gasteiger partial charge is 0.239 e. The van der Waals surface area contributed by atoms with Crippen LogP contribution in [0.1, 0.15) is 44.1 Å². The fourth-order valence-electron chi connectivity index (χ4n) is 5.80. The van der Waals surface area contributed by atoms with Crippen LogP contribution in [0.25, 0.3) is 22.0 Å². The van der Waals surface area contributed by atoms with Gasteiger partial charge in [0.1, 0.15) is 6.54 Å². The van der Waals surface area contributed by atoms with Crippen LogP contribution in [-0.2, 0) is 11.3 Å². The summed E-state index contributed by atoms with van der Waals surface area (Å²) in [5.41, 5.74) is 4.76. The lowest BCUT2D eigenvalue weighted by Crippen LogP contribution is -2.49. The minimum absolute atomic E-state index is 0.0976. The number of likely N-dealkylation sites (tertiary alicyclic amines) is 1. The number of aromatic nitrogens is 1. The number of nitrogens with one attached hydrogen (secondary N) is 1. The lowest BCUT2D eigenvalue weighted by molar-refractivity contribution is -0.121. The van der Waals surface area contributed by atoms with Crippen LogP contribution < -0.4 is 5.32 Å². The molecule has 32 heavy (non-hydrogen) atoms. The zero-order valence-electron chi connectivity index (χ0n) is 19.2. The molecular formula is C28H35N3O. The van der Waals surface area contributed by atoms with Crippen molar-refractivity contribution in [1.82, 2.24) is 14.8 Å². The number of amides is 1. The van der Waals surface area contributed by atoms with Crippen molar-refractivity contribution < 1.29 is 4.79 Å². The molecule has 168 valence electrons. The summed E-state index contributed by atoms with van der Waals surface area (Å²) in [6.07, 6.45) is 10.3. The average molecular weight is 430 g/mol. The summed E-state index contributed by atoms with van der Waals surface area (Å²) >= 11 is 0. The quantitative estimate of drug-likeness (QED) is 0.571. The van der Waals surface area contributed by atoms with Gasteiger partial charge in [-0.25, -0.2) is 0 Å². The molecule has 2 heterocycles. The molecule has 1 saturated heterocycles. The molecule has 0 bridgehead atoms. The van der Waals surface area contributed by atoms with Gasteiger partial charge in [0.25, 0.3) is 0 Å². The number of piperidine rings is 1. The van der Waals surface area contributed by atoms with Gasteiger partial charge in [0.15, 0.2) is 0 Å². The molecule has 2 fully saturated rings. The van der Waals surface area contributed by atoms with E-state index >= 15 is 0 Å². The zero-order valence-corrected chi connectivity index (χ0v) is 19.2. The summed E-state index contributed by atoms with van der Waals surface area (Å²) < 4.78 is 2.07. The molecular weight excluding hydrogens is 394 g/mol. The van der Waals surface area contributed by atoms with E-state index in [1.807, 2.05) is 6.20 Å². The third-order valence-corrected chi connectivity index (χ3v) is 7.55. The van der Waals surface area contributed by atoms with E-state index in [0.29, 0.717) is 6.54 Å².